The molecule has 28 heavy (non-hydrogen) atoms. The molecule has 1 atom stereocenters. The summed E-state index contributed by atoms with van der Waals surface area (Å²) in [6.45, 7) is 4.11. The van der Waals surface area contributed by atoms with Gasteiger partial charge in [-0.05, 0) is 35.6 Å². The van der Waals surface area contributed by atoms with Gasteiger partial charge in [0.15, 0.2) is 0 Å². The van der Waals surface area contributed by atoms with E-state index in [9.17, 15) is 9.59 Å². The fraction of sp³-hybridized carbons (Fsp3) is 0.304. The summed E-state index contributed by atoms with van der Waals surface area (Å²) >= 11 is 0. The van der Waals surface area contributed by atoms with Crippen LogP contribution in [0.2, 0.25) is 0 Å². The Bertz CT molecular complexity index is 904. The predicted octanol–water partition coefficient (Wildman–Crippen LogP) is 4.05. The summed E-state index contributed by atoms with van der Waals surface area (Å²) in [6.07, 6.45) is 0.614. The molecule has 0 aliphatic carbocycles. The van der Waals surface area contributed by atoms with Crippen LogP contribution in [-0.2, 0) is 6.54 Å². The minimum Gasteiger partial charge on any atom is -0.298 e. The van der Waals surface area contributed by atoms with E-state index in [4.69, 9.17) is 0 Å². The number of carbonyl (C=O) groups is 2. The van der Waals surface area contributed by atoms with E-state index in [2.05, 4.69) is 17.0 Å². The van der Waals surface area contributed by atoms with Crippen molar-refractivity contribution in [2.24, 2.45) is 5.92 Å². The van der Waals surface area contributed by atoms with E-state index in [1.807, 2.05) is 25.1 Å². The minimum atomic E-state index is -0.412. The van der Waals surface area contributed by atoms with Crippen LogP contribution in [0.15, 0.2) is 66.0 Å². The second-order valence-corrected chi connectivity index (χ2v) is 7.54. The monoisotopic (exact) mass is 378 g/mol. The standard InChI is InChI=1S/C23H23FN2O2/c1-16-13-25(14-17-7-3-2-4-8-17)12-11-18(16)21(24)15-26-22(27)19-9-5-6-10-20(19)23(26)28/h2-10,16H,11-15H2,1H3. The predicted molar refractivity (Wildman–Crippen MR) is 105 cm³/mol. The molecule has 2 aliphatic heterocycles. The largest absolute Gasteiger partial charge is 0.298 e. The van der Waals surface area contributed by atoms with Crippen LogP contribution in [0.4, 0.5) is 4.39 Å². The molecule has 0 saturated carbocycles. The topological polar surface area (TPSA) is 40.6 Å². The SMILES string of the molecule is CC1CN(Cc2ccccc2)CCC1=C(F)CN1C(=O)c2ccccc2C1=O. The average molecular weight is 378 g/mol. The highest BCUT2D eigenvalue weighted by Gasteiger charge is 2.36. The number of nitrogens with zero attached hydrogens (tertiary/aromatic N) is 2. The Morgan fingerprint density at radius 1 is 1.00 bits per heavy atom. The highest BCUT2D eigenvalue weighted by atomic mass is 19.1. The van der Waals surface area contributed by atoms with Gasteiger partial charge in [-0.15, -0.1) is 0 Å². The van der Waals surface area contributed by atoms with Crippen molar-refractivity contribution in [3.63, 3.8) is 0 Å². The van der Waals surface area contributed by atoms with Gasteiger partial charge in [-0.2, -0.15) is 0 Å². The molecule has 0 spiro atoms. The quantitative estimate of drug-likeness (QED) is 0.754. The maximum absolute atomic E-state index is 15.0. The Morgan fingerprint density at radius 3 is 2.21 bits per heavy atom. The zero-order valence-electron chi connectivity index (χ0n) is 15.9. The minimum absolute atomic E-state index is 0.0487. The van der Waals surface area contributed by atoms with Crippen LogP contribution in [0.25, 0.3) is 0 Å². The lowest BCUT2D eigenvalue weighted by atomic mass is 9.92. The van der Waals surface area contributed by atoms with E-state index >= 15 is 4.39 Å². The number of carbonyl (C=O) groups excluding carboxylic acids is 2. The number of piperidine rings is 1. The van der Waals surface area contributed by atoms with Crippen LogP contribution < -0.4 is 0 Å². The number of amides is 2. The number of benzene rings is 2. The summed E-state index contributed by atoms with van der Waals surface area (Å²) in [7, 11) is 0. The van der Waals surface area contributed by atoms with Crippen molar-refractivity contribution in [1.82, 2.24) is 9.80 Å². The van der Waals surface area contributed by atoms with E-state index in [0.717, 1.165) is 30.1 Å². The van der Waals surface area contributed by atoms with E-state index in [1.54, 1.807) is 24.3 Å². The van der Waals surface area contributed by atoms with Crippen molar-refractivity contribution in [2.45, 2.75) is 19.9 Å². The first-order valence-electron chi connectivity index (χ1n) is 9.63. The molecule has 1 fully saturated rings. The molecule has 144 valence electrons. The summed E-state index contributed by atoms with van der Waals surface area (Å²) in [5.41, 5.74) is 2.68. The Balaban J connectivity index is 1.44. The molecule has 4 rings (SSSR count). The lowest BCUT2D eigenvalue weighted by Crippen LogP contribution is -2.37. The van der Waals surface area contributed by atoms with Crippen LogP contribution in [0.1, 0.15) is 39.6 Å². The van der Waals surface area contributed by atoms with Gasteiger partial charge in [-0.3, -0.25) is 19.4 Å². The Labute approximate surface area is 164 Å². The highest BCUT2D eigenvalue weighted by molar-refractivity contribution is 6.21. The summed E-state index contributed by atoms with van der Waals surface area (Å²) in [4.78, 5) is 28.3. The molecule has 2 heterocycles. The number of likely N-dealkylation sites (tertiary alicyclic amines) is 1. The van der Waals surface area contributed by atoms with Gasteiger partial charge in [-0.25, -0.2) is 4.39 Å². The molecule has 2 amide bonds. The number of rotatable bonds is 4. The molecule has 0 N–H and O–H groups in total. The number of halogens is 1. The van der Waals surface area contributed by atoms with Gasteiger partial charge in [0, 0.05) is 19.6 Å². The van der Waals surface area contributed by atoms with Gasteiger partial charge in [0.2, 0.25) is 0 Å². The fourth-order valence-electron chi connectivity index (χ4n) is 4.13. The van der Waals surface area contributed by atoms with Crippen LogP contribution in [-0.4, -0.2) is 41.2 Å². The molecular weight excluding hydrogens is 355 g/mol. The van der Waals surface area contributed by atoms with Crippen LogP contribution in [0.5, 0.6) is 0 Å². The van der Waals surface area contributed by atoms with Crippen molar-refractivity contribution in [2.75, 3.05) is 19.6 Å². The maximum atomic E-state index is 15.0. The molecule has 1 saturated heterocycles. The zero-order valence-corrected chi connectivity index (χ0v) is 15.9. The third-order valence-corrected chi connectivity index (χ3v) is 5.60. The lowest BCUT2D eigenvalue weighted by Gasteiger charge is -2.33. The van der Waals surface area contributed by atoms with E-state index in [-0.39, 0.29) is 18.3 Å². The first-order valence-corrected chi connectivity index (χ1v) is 9.63. The molecule has 2 aliphatic rings. The molecule has 4 nitrogen and oxygen atoms in total. The van der Waals surface area contributed by atoms with Crippen molar-refractivity contribution >= 4 is 11.8 Å². The van der Waals surface area contributed by atoms with Crippen molar-refractivity contribution in [1.29, 1.82) is 0 Å². The highest BCUT2D eigenvalue weighted by Crippen LogP contribution is 2.30. The second kappa shape index (κ2) is 7.68. The Kier molecular flexibility index (Phi) is 5.09. The normalized spacial score (nSPS) is 21.8. The van der Waals surface area contributed by atoms with Crippen molar-refractivity contribution in [3.8, 4) is 0 Å². The lowest BCUT2D eigenvalue weighted by molar-refractivity contribution is 0.0658. The Morgan fingerprint density at radius 2 is 1.61 bits per heavy atom. The van der Waals surface area contributed by atoms with Gasteiger partial charge in [0.25, 0.3) is 11.8 Å². The number of imide groups is 1. The van der Waals surface area contributed by atoms with Gasteiger partial charge >= 0.3 is 0 Å². The molecule has 0 aromatic heterocycles. The third-order valence-electron chi connectivity index (χ3n) is 5.60. The number of fused-ring (bicyclic) bond motifs is 1. The van der Waals surface area contributed by atoms with Crippen molar-refractivity contribution < 1.29 is 14.0 Å². The number of hydrogen-bond acceptors (Lipinski definition) is 3. The number of hydrogen-bond donors (Lipinski definition) is 0. The average Bonchev–Trinajstić information content (AvgIpc) is 2.94. The molecular formula is C23H23FN2O2. The molecule has 5 heteroatoms. The van der Waals surface area contributed by atoms with Gasteiger partial charge < -0.3 is 0 Å². The van der Waals surface area contributed by atoms with Gasteiger partial charge in [-0.1, -0.05) is 49.4 Å². The van der Waals surface area contributed by atoms with Crippen LogP contribution in [0.3, 0.4) is 0 Å². The second-order valence-electron chi connectivity index (χ2n) is 7.54. The maximum Gasteiger partial charge on any atom is 0.261 e. The van der Waals surface area contributed by atoms with E-state index in [0.29, 0.717) is 17.5 Å². The van der Waals surface area contributed by atoms with Crippen LogP contribution >= 0.6 is 0 Å². The smallest absolute Gasteiger partial charge is 0.261 e. The van der Waals surface area contributed by atoms with Crippen molar-refractivity contribution in [3.05, 3.63) is 82.7 Å². The summed E-state index contributed by atoms with van der Waals surface area (Å²) in [6, 6.07) is 16.9. The molecule has 2 aromatic carbocycles. The van der Waals surface area contributed by atoms with E-state index < -0.39 is 11.8 Å². The van der Waals surface area contributed by atoms with Gasteiger partial charge in [0.05, 0.1) is 17.7 Å². The third kappa shape index (κ3) is 3.50. The molecule has 2 aromatic rings. The molecule has 1 unspecified atom stereocenters. The zero-order chi connectivity index (χ0) is 19.7. The summed E-state index contributed by atoms with van der Waals surface area (Å²) in [5, 5.41) is 0. The summed E-state index contributed by atoms with van der Waals surface area (Å²) in [5.74, 6) is -1.12. The molecule has 0 radical (unpaired) electrons. The molecule has 0 bridgehead atoms. The van der Waals surface area contributed by atoms with Gasteiger partial charge in [0.1, 0.15) is 5.83 Å². The van der Waals surface area contributed by atoms with Crippen LogP contribution in [0, 0.1) is 5.92 Å². The first-order chi connectivity index (χ1) is 13.5. The first kappa shape index (κ1) is 18.6. The summed E-state index contributed by atoms with van der Waals surface area (Å²) < 4.78 is 15.0. The fourth-order valence-corrected chi connectivity index (χ4v) is 4.13. The van der Waals surface area contributed by atoms with E-state index in [1.165, 1.54) is 5.56 Å². The Hall–Kier alpha value is -2.79.